The van der Waals surface area contributed by atoms with Gasteiger partial charge in [0.1, 0.15) is 6.10 Å². The lowest BCUT2D eigenvalue weighted by molar-refractivity contribution is -0.192. The number of aliphatic hydroxyl groups excluding tert-OH is 1. The van der Waals surface area contributed by atoms with Crippen LogP contribution in [0.3, 0.4) is 0 Å². The second kappa shape index (κ2) is 6.55. The molecule has 0 saturated heterocycles. The van der Waals surface area contributed by atoms with E-state index >= 15 is 0 Å². The van der Waals surface area contributed by atoms with Crippen molar-refractivity contribution in [3.05, 3.63) is 18.5 Å². The molecular weight excluding hydrogens is 196 g/mol. The lowest BCUT2D eigenvalue weighted by Gasteiger charge is -2.22. The molecule has 0 aromatic carbocycles. The van der Waals surface area contributed by atoms with Gasteiger partial charge < -0.3 is 14.6 Å². The predicted octanol–water partition coefficient (Wildman–Crippen LogP) is 0.643. The molecule has 86 valence electrons. The Balaban J connectivity index is 2.44. The minimum absolute atomic E-state index is 0.373. The molecule has 1 unspecified atom stereocenters. The van der Waals surface area contributed by atoms with Crippen molar-refractivity contribution in [2.24, 2.45) is 0 Å². The fourth-order valence-corrected chi connectivity index (χ4v) is 1.28. The highest BCUT2D eigenvalue weighted by atomic mass is 16.7. The number of aliphatic hydroxyl groups is 1. The van der Waals surface area contributed by atoms with Crippen molar-refractivity contribution in [3.8, 4) is 0 Å². The maximum Gasteiger partial charge on any atom is 0.185 e. The normalized spacial score (nSPS) is 13.3. The lowest BCUT2D eigenvalue weighted by atomic mass is 10.3. The Morgan fingerprint density at radius 2 is 2.00 bits per heavy atom. The average molecular weight is 214 g/mol. The van der Waals surface area contributed by atoms with Gasteiger partial charge >= 0.3 is 0 Å². The number of nitrogens with zero attached hydrogens (tertiary/aromatic N) is 2. The minimum Gasteiger partial charge on any atom is -0.386 e. The Hall–Kier alpha value is -0.910. The van der Waals surface area contributed by atoms with Gasteiger partial charge in [0.15, 0.2) is 6.29 Å². The van der Waals surface area contributed by atoms with E-state index in [9.17, 15) is 5.11 Å². The molecule has 1 aromatic rings. The van der Waals surface area contributed by atoms with E-state index in [1.54, 1.807) is 17.1 Å². The molecule has 0 fully saturated rings. The molecule has 1 rings (SSSR count). The van der Waals surface area contributed by atoms with E-state index in [1.165, 1.54) is 0 Å². The van der Waals surface area contributed by atoms with E-state index in [0.29, 0.717) is 19.8 Å². The monoisotopic (exact) mass is 214 g/mol. The van der Waals surface area contributed by atoms with Crippen LogP contribution in [0.2, 0.25) is 0 Å². The van der Waals surface area contributed by atoms with Crippen molar-refractivity contribution in [2.45, 2.75) is 32.8 Å². The third kappa shape index (κ3) is 3.99. The molecule has 5 nitrogen and oxygen atoms in total. The molecule has 0 aliphatic rings. The maximum atomic E-state index is 9.83. The van der Waals surface area contributed by atoms with Crippen LogP contribution in [0, 0.1) is 0 Å². The zero-order valence-electron chi connectivity index (χ0n) is 9.17. The van der Waals surface area contributed by atoms with Crippen LogP contribution >= 0.6 is 0 Å². The van der Waals surface area contributed by atoms with Gasteiger partial charge in [0.25, 0.3) is 0 Å². The molecule has 0 radical (unpaired) electrons. The first-order valence-corrected chi connectivity index (χ1v) is 5.16. The molecule has 0 amide bonds. The molecule has 5 heteroatoms. The molecule has 0 bridgehead atoms. The van der Waals surface area contributed by atoms with Crippen molar-refractivity contribution >= 4 is 0 Å². The average Bonchev–Trinajstić information content (AvgIpc) is 2.70. The van der Waals surface area contributed by atoms with Crippen LogP contribution in [0.15, 0.2) is 18.5 Å². The summed E-state index contributed by atoms with van der Waals surface area (Å²) in [5.74, 6) is 0. The number of aromatic nitrogens is 2. The van der Waals surface area contributed by atoms with Crippen molar-refractivity contribution in [3.63, 3.8) is 0 Å². The Morgan fingerprint density at radius 3 is 2.47 bits per heavy atom. The Morgan fingerprint density at radius 1 is 1.33 bits per heavy atom. The number of ether oxygens (including phenoxy) is 2. The van der Waals surface area contributed by atoms with Crippen LogP contribution in [0.1, 0.15) is 13.8 Å². The molecule has 1 aromatic heterocycles. The predicted molar refractivity (Wildman–Crippen MR) is 55.3 cm³/mol. The summed E-state index contributed by atoms with van der Waals surface area (Å²) >= 11 is 0. The largest absolute Gasteiger partial charge is 0.386 e. The van der Waals surface area contributed by atoms with E-state index in [4.69, 9.17) is 9.47 Å². The van der Waals surface area contributed by atoms with Crippen molar-refractivity contribution in [2.75, 3.05) is 13.2 Å². The van der Waals surface area contributed by atoms with Crippen molar-refractivity contribution < 1.29 is 14.6 Å². The molecular formula is C10H18N2O3. The highest BCUT2D eigenvalue weighted by Crippen LogP contribution is 2.04. The molecule has 1 heterocycles. The van der Waals surface area contributed by atoms with Gasteiger partial charge in [-0.2, -0.15) is 5.10 Å². The van der Waals surface area contributed by atoms with Crippen LogP contribution in [0.5, 0.6) is 0 Å². The summed E-state index contributed by atoms with van der Waals surface area (Å²) in [6.07, 6.45) is 2.18. The second-order valence-electron chi connectivity index (χ2n) is 3.07. The number of rotatable bonds is 7. The van der Waals surface area contributed by atoms with E-state index in [1.807, 2.05) is 19.9 Å². The number of hydrogen-bond donors (Lipinski definition) is 1. The molecule has 0 spiro atoms. The van der Waals surface area contributed by atoms with E-state index in [-0.39, 0.29) is 0 Å². The van der Waals surface area contributed by atoms with Crippen LogP contribution in [0.4, 0.5) is 0 Å². The topological polar surface area (TPSA) is 56.5 Å². The second-order valence-corrected chi connectivity index (χ2v) is 3.07. The summed E-state index contributed by atoms with van der Waals surface area (Å²) in [6, 6.07) is 1.81. The molecule has 1 atom stereocenters. The third-order valence-electron chi connectivity index (χ3n) is 1.91. The summed E-state index contributed by atoms with van der Waals surface area (Å²) in [5.41, 5.74) is 0. The van der Waals surface area contributed by atoms with Crippen LogP contribution in [0.25, 0.3) is 0 Å². The summed E-state index contributed by atoms with van der Waals surface area (Å²) in [4.78, 5) is 0. The summed E-state index contributed by atoms with van der Waals surface area (Å²) < 4.78 is 12.2. The van der Waals surface area contributed by atoms with Crippen molar-refractivity contribution in [1.29, 1.82) is 0 Å². The van der Waals surface area contributed by atoms with E-state index < -0.39 is 12.4 Å². The molecule has 0 saturated carbocycles. The van der Waals surface area contributed by atoms with Gasteiger partial charge in [0.2, 0.25) is 0 Å². The zero-order valence-corrected chi connectivity index (χ0v) is 9.17. The molecule has 0 aliphatic carbocycles. The van der Waals surface area contributed by atoms with Gasteiger partial charge in [0.05, 0.1) is 6.54 Å². The molecule has 1 N–H and O–H groups in total. The summed E-state index contributed by atoms with van der Waals surface area (Å²) in [7, 11) is 0. The highest BCUT2D eigenvalue weighted by Gasteiger charge is 2.20. The van der Waals surface area contributed by atoms with Gasteiger partial charge in [-0.3, -0.25) is 4.68 Å². The van der Waals surface area contributed by atoms with Crippen LogP contribution in [-0.4, -0.2) is 40.5 Å². The zero-order chi connectivity index (χ0) is 11.1. The maximum absolute atomic E-state index is 9.83. The summed E-state index contributed by atoms with van der Waals surface area (Å²) in [6.45, 7) is 5.14. The SMILES string of the molecule is CCOC(OCC)C(O)Cn1cccn1. The third-order valence-corrected chi connectivity index (χ3v) is 1.91. The minimum atomic E-state index is -0.704. The first-order chi connectivity index (χ1) is 7.27. The number of hydrogen-bond acceptors (Lipinski definition) is 4. The smallest absolute Gasteiger partial charge is 0.185 e. The fourth-order valence-electron chi connectivity index (χ4n) is 1.28. The van der Waals surface area contributed by atoms with Crippen LogP contribution < -0.4 is 0 Å². The first kappa shape index (κ1) is 12.2. The van der Waals surface area contributed by atoms with Gasteiger partial charge in [-0.15, -0.1) is 0 Å². The Labute approximate surface area is 89.6 Å². The van der Waals surface area contributed by atoms with Crippen molar-refractivity contribution in [1.82, 2.24) is 9.78 Å². The fraction of sp³-hybridized carbons (Fsp3) is 0.700. The van der Waals surface area contributed by atoms with E-state index in [2.05, 4.69) is 5.10 Å². The Bertz CT molecular complexity index is 245. The summed E-state index contributed by atoms with van der Waals surface area (Å²) in [5, 5.41) is 13.8. The molecule has 0 aliphatic heterocycles. The highest BCUT2D eigenvalue weighted by molar-refractivity contribution is 4.78. The van der Waals surface area contributed by atoms with Gasteiger partial charge in [0, 0.05) is 25.6 Å². The van der Waals surface area contributed by atoms with Crippen LogP contribution in [-0.2, 0) is 16.0 Å². The van der Waals surface area contributed by atoms with Gasteiger partial charge in [-0.05, 0) is 19.9 Å². The molecule has 15 heavy (non-hydrogen) atoms. The standard InChI is InChI=1S/C10H18N2O3/c1-3-14-10(15-4-2)9(13)8-12-7-5-6-11-12/h5-7,9-10,13H,3-4,8H2,1-2H3. The van der Waals surface area contributed by atoms with E-state index in [0.717, 1.165) is 0 Å². The Kier molecular flexibility index (Phi) is 5.31. The lowest BCUT2D eigenvalue weighted by Crippen LogP contribution is -2.35. The quantitative estimate of drug-likeness (QED) is 0.677. The van der Waals surface area contributed by atoms with Gasteiger partial charge in [-0.1, -0.05) is 0 Å². The first-order valence-electron chi connectivity index (χ1n) is 5.16. The van der Waals surface area contributed by atoms with Gasteiger partial charge in [-0.25, -0.2) is 0 Å².